The molecule has 1 atom stereocenters. The SMILES string of the molecule is CC(=O)CSC(O)C[N+](C)(C)C. The third-order valence-electron chi connectivity index (χ3n) is 1.18. The predicted octanol–water partition coefficient (Wildman–Crippen LogP) is 0.333. The Bertz CT molecular complexity index is 154. The minimum atomic E-state index is -0.436. The van der Waals surface area contributed by atoms with Crippen LogP contribution in [-0.4, -0.2) is 54.2 Å². The fourth-order valence-electron chi connectivity index (χ4n) is 0.735. The van der Waals surface area contributed by atoms with Gasteiger partial charge in [0.1, 0.15) is 17.8 Å². The molecule has 12 heavy (non-hydrogen) atoms. The molecule has 0 heterocycles. The zero-order valence-corrected chi connectivity index (χ0v) is 9.02. The number of carbonyl (C=O) groups is 1. The number of quaternary nitrogens is 1. The summed E-state index contributed by atoms with van der Waals surface area (Å²) in [5.74, 6) is 0.515. The minimum absolute atomic E-state index is 0.112. The summed E-state index contributed by atoms with van der Waals surface area (Å²) in [5.41, 5.74) is -0.436. The van der Waals surface area contributed by atoms with Gasteiger partial charge in [-0.3, -0.25) is 4.79 Å². The Morgan fingerprint density at radius 1 is 1.50 bits per heavy atom. The quantitative estimate of drug-likeness (QED) is 0.504. The van der Waals surface area contributed by atoms with Crippen molar-refractivity contribution in [2.75, 3.05) is 33.4 Å². The Balaban J connectivity index is 3.60. The predicted molar refractivity (Wildman–Crippen MR) is 52.0 cm³/mol. The highest BCUT2D eigenvalue weighted by atomic mass is 32.2. The third kappa shape index (κ3) is 8.04. The van der Waals surface area contributed by atoms with Crippen LogP contribution in [0.2, 0.25) is 0 Å². The second-order valence-electron chi connectivity index (χ2n) is 3.94. The largest absolute Gasteiger partial charge is 0.376 e. The maximum absolute atomic E-state index is 10.6. The Morgan fingerprint density at radius 2 is 2.00 bits per heavy atom. The molecule has 0 radical (unpaired) electrons. The van der Waals surface area contributed by atoms with Gasteiger partial charge in [-0.1, -0.05) is 0 Å². The van der Waals surface area contributed by atoms with Crippen LogP contribution in [0, 0.1) is 0 Å². The topological polar surface area (TPSA) is 37.3 Å². The number of carbonyl (C=O) groups excluding carboxylic acids is 1. The van der Waals surface area contributed by atoms with E-state index in [1.807, 2.05) is 21.1 Å². The molecule has 0 fully saturated rings. The summed E-state index contributed by atoms with van der Waals surface area (Å²) >= 11 is 1.30. The molecule has 0 bridgehead atoms. The van der Waals surface area contributed by atoms with Crippen LogP contribution in [0.25, 0.3) is 0 Å². The maximum Gasteiger partial charge on any atom is 0.149 e. The molecule has 0 spiro atoms. The molecule has 0 rings (SSSR count). The van der Waals surface area contributed by atoms with Crippen LogP contribution in [0.4, 0.5) is 0 Å². The lowest BCUT2D eigenvalue weighted by atomic mass is 10.5. The monoisotopic (exact) mass is 192 g/mol. The summed E-state index contributed by atoms with van der Waals surface area (Å²) in [4.78, 5) is 10.6. The number of rotatable bonds is 5. The van der Waals surface area contributed by atoms with E-state index in [-0.39, 0.29) is 5.78 Å². The lowest BCUT2D eigenvalue weighted by Crippen LogP contribution is -2.40. The van der Waals surface area contributed by atoms with Crippen LogP contribution >= 0.6 is 11.8 Å². The first-order valence-corrected chi connectivity index (χ1v) is 4.96. The van der Waals surface area contributed by atoms with E-state index >= 15 is 0 Å². The second-order valence-corrected chi connectivity index (χ2v) is 5.11. The summed E-state index contributed by atoms with van der Waals surface area (Å²) in [6.07, 6.45) is 0. The number of aliphatic hydroxyl groups excluding tert-OH is 1. The Hall–Kier alpha value is -0.0600. The summed E-state index contributed by atoms with van der Waals surface area (Å²) < 4.78 is 0.714. The molecule has 0 aliphatic heterocycles. The van der Waals surface area contributed by atoms with E-state index in [1.165, 1.54) is 18.7 Å². The molecule has 0 saturated heterocycles. The van der Waals surface area contributed by atoms with Gasteiger partial charge in [0.15, 0.2) is 0 Å². The van der Waals surface area contributed by atoms with Gasteiger partial charge in [-0.15, -0.1) is 11.8 Å². The van der Waals surface area contributed by atoms with Gasteiger partial charge in [0, 0.05) is 0 Å². The van der Waals surface area contributed by atoms with Crippen molar-refractivity contribution in [1.82, 2.24) is 0 Å². The molecule has 0 saturated carbocycles. The number of hydrogen-bond acceptors (Lipinski definition) is 3. The van der Waals surface area contributed by atoms with Gasteiger partial charge in [0.2, 0.25) is 0 Å². The first kappa shape index (κ1) is 11.9. The van der Waals surface area contributed by atoms with Crippen LogP contribution < -0.4 is 0 Å². The zero-order valence-electron chi connectivity index (χ0n) is 8.20. The van der Waals surface area contributed by atoms with Gasteiger partial charge in [-0.2, -0.15) is 0 Å². The molecular formula is C8H18NO2S+. The smallest absolute Gasteiger partial charge is 0.149 e. The number of nitrogens with zero attached hydrogens (tertiary/aromatic N) is 1. The Kier molecular flexibility index (Phi) is 4.82. The fraction of sp³-hybridized carbons (Fsp3) is 0.875. The number of thioether (sulfide) groups is 1. The zero-order chi connectivity index (χ0) is 9.78. The van der Waals surface area contributed by atoms with Crippen molar-refractivity contribution in [3.63, 3.8) is 0 Å². The molecule has 0 aromatic heterocycles. The van der Waals surface area contributed by atoms with E-state index in [2.05, 4.69) is 0 Å². The van der Waals surface area contributed by atoms with Gasteiger partial charge < -0.3 is 9.59 Å². The van der Waals surface area contributed by atoms with Gasteiger partial charge in [0.05, 0.1) is 26.9 Å². The molecule has 72 valence electrons. The standard InChI is InChI=1S/C8H18NO2S/c1-7(10)6-12-8(11)5-9(2,3)4/h8,11H,5-6H2,1-4H3/q+1. The summed E-state index contributed by atoms with van der Waals surface area (Å²) in [7, 11) is 6.03. The second kappa shape index (κ2) is 4.84. The Morgan fingerprint density at radius 3 is 2.33 bits per heavy atom. The number of aliphatic hydroxyl groups is 1. The first-order valence-electron chi connectivity index (χ1n) is 3.91. The molecule has 0 amide bonds. The van der Waals surface area contributed by atoms with Crippen LogP contribution in [0.5, 0.6) is 0 Å². The lowest BCUT2D eigenvalue weighted by molar-refractivity contribution is -0.871. The number of Topliss-reactive ketones (excluding diaryl/α,β-unsaturated/α-hetero) is 1. The molecule has 1 unspecified atom stereocenters. The van der Waals surface area contributed by atoms with Crippen LogP contribution in [0.15, 0.2) is 0 Å². The van der Waals surface area contributed by atoms with Gasteiger partial charge in [-0.05, 0) is 6.92 Å². The molecule has 0 aliphatic rings. The highest BCUT2D eigenvalue weighted by Gasteiger charge is 2.15. The fourth-order valence-corrected chi connectivity index (χ4v) is 1.71. The average Bonchev–Trinajstić information content (AvgIpc) is 1.79. The summed E-state index contributed by atoms with van der Waals surface area (Å²) in [6, 6.07) is 0. The Labute approximate surface area is 78.3 Å². The van der Waals surface area contributed by atoms with Gasteiger partial charge >= 0.3 is 0 Å². The van der Waals surface area contributed by atoms with E-state index in [4.69, 9.17) is 0 Å². The van der Waals surface area contributed by atoms with Gasteiger partial charge in [-0.25, -0.2) is 0 Å². The van der Waals surface area contributed by atoms with E-state index in [0.29, 0.717) is 16.8 Å². The number of hydrogen-bond donors (Lipinski definition) is 1. The maximum atomic E-state index is 10.6. The van der Waals surface area contributed by atoms with Crippen molar-refractivity contribution in [3.8, 4) is 0 Å². The highest BCUT2D eigenvalue weighted by Crippen LogP contribution is 2.10. The van der Waals surface area contributed by atoms with Crippen molar-refractivity contribution < 1.29 is 14.4 Å². The van der Waals surface area contributed by atoms with Crippen molar-refractivity contribution in [2.45, 2.75) is 12.4 Å². The summed E-state index contributed by atoms with van der Waals surface area (Å²) in [5, 5.41) is 9.43. The van der Waals surface area contributed by atoms with E-state index in [1.54, 1.807) is 0 Å². The van der Waals surface area contributed by atoms with E-state index in [9.17, 15) is 9.90 Å². The normalized spacial score (nSPS) is 14.4. The molecule has 0 aliphatic carbocycles. The van der Waals surface area contributed by atoms with E-state index in [0.717, 1.165) is 0 Å². The highest BCUT2D eigenvalue weighted by molar-refractivity contribution is 8.00. The third-order valence-corrected chi connectivity index (χ3v) is 2.29. The number of likely N-dealkylation sites (N-methyl/N-ethyl adjacent to an activating group) is 1. The molecule has 1 N–H and O–H groups in total. The van der Waals surface area contributed by atoms with Crippen LogP contribution in [0.1, 0.15) is 6.92 Å². The van der Waals surface area contributed by atoms with Gasteiger partial charge in [0.25, 0.3) is 0 Å². The van der Waals surface area contributed by atoms with Crippen molar-refractivity contribution >= 4 is 17.5 Å². The molecule has 0 aromatic rings. The van der Waals surface area contributed by atoms with Crippen LogP contribution in [0.3, 0.4) is 0 Å². The lowest BCUT2D eigenvalue weighted by Gasteiger charge is -2.26. The molecule has 3 nitrogen and oxygen atoms in total. The average molecular weight is 192 g/mol. The van der Waals surface area contributed by atoms with Crippen molar-refractivity contribution in [1.29, 1.82) is 0 Å². The minimum Gasteiger partial charge on any atom is -0.376 e. The van der Waals surface area contributed by atoms with E-state index < -0.39 is 5.44 Å². The van der Waals surface area contributed by atoms with Crippen molar-refractivity contribution in [2.24, 2.45) is 0 Å². The number of ketones is 1. The molecule has 4 heteroatoms. The van der Waals surface area contributed by atoms with Crippen molar-refractivity contribution in [3.05, 3.63) is 0 Å². The molecular weight excluding hydrogens is 174 g/mol. The first-order chi connectivity index (χ1) is 5.31. The van der Waals surface area contributed by atoms with Crippen LogP contribution in [-0.2, 0) is 4.79 Å². The summed E-state index contributed by atoms with van der Waals surface area (Å²) in [6.45, 7) is 2.20. The molecule has 0 aromatic carbocycles.